The molecule has 0 radical (unpaired) electrons. The Balaban J connectivity index is 2.01. The SMILES string of the molecule is CC#CC(=O)NCC1CCCC(c2c(F)c(F)c(C(N)=O)c3[nH]c(C)c(F)c23)C1. The second-order valence-corrected chi connectivity index (χ2v) is 7.41. The summed E-state index contributed by atoms with van der Waals surface area (Å²) in [6, 6.07) is 0. The molecular formula is C21H22F3N3O2. The lowest BCUT2D eigenvalue weighted by Gasteiger charge is -2.30. The van der Waals surface area contributed by atoms with Crippen LogP contribution >= 0.6 is 0 Å². The van der Waals surface area contributed by atoms with Gasteiger partial charge in [0.25, 0.3) is 11.8 Å². The van der Waals surface area contributed by atoms with E-state index in [1.54, 1.807) is 6.92 Å². The molecule has 2 aromatic rings. The molecule has 0 spiro atoms. The Morgan fingerprint density at radius 1 is 1.21 bits per heavy atom. The zero-order chi connectivity index (χ0) is 21.3. The van der Waals surface area contributed by atoms with Gasteiger partial charge in [0.05, 0.1) is 5.52 Å². The van der Waals surface area contributed by atoms with Crippen LogP contribution in [0.15, 0.2) is 0 Å². The molecule has 1 heterocycles. The first-order valence-corrected chi connectivity index (χ1v) is 9.45. The molecule has 0 bridgehead atoms. The van der Waals surface area contributed by atoms with Crippen LogP contribution in [0.25, 0.3) is 10.9 Å². The average Bonchev–Trinajstić information content (AvgIpc) is 2.95. The third kappa shape index (κ3) is 3.82. The Labute approximate surface area is 166 Å². The van der Waals surface area contributed by atoms with Crippen LogP contribution in [-0.2, 0) is 4.79 Å². The fourth-order valence-electron chi connectivity index (χ4n) is 4.24. The van der Waals surface area contributed by atoms with E-state index in [0.717, 1.165) is 12.8 Å². The molecule has 29 heavy (non-hydrogen) atoms. The number of aromatic amines is 1. The summed E-state index contributed by atoms with van der Waals surface area (Å²) in [6.07, 6.45) is 2.52. The van der Waals surface area contributed by atoms with Crippen LogP contribution in [-0.4, -0.2) is 23.3 Å². The minimum Gasteiger partial charge on any atom is -0.365 e. The largest absolute Gasteiger partial charge is 0.365 e. The fraction of sp³-hybridized carbons (Fsp3) is 0.429. The summed E-state index contributed by atoms with van der Waals surface area (Å²) < 4.78 is 44.5. The Morgan fingerprint density at radius 3 is 2.59 bits per heavy atom. The maximum absolute atomic E-state index is 15.0. The monoisotopic (exact) mass is 405 g/mol. The molecular weight excluding hydrogens is 383 g/mol. The number of H-pyrrole nitrogens is 1. The fourth-order valence-corrected chi connectivity index (χ4v) is 4.24. The van der Waals surface area contributed by atoms with Crippen molar-refractivity contribution in [3.05, 3.63) is 34.3 Å². The van der Waals surface area contributed by atoms with Gasteiger partial charge in [-0.25, -0.2) is 13.2 Å². The first-order chi connectivity index (χ1) is 13.8. The molecule has 8 heteroatoms. The summed E-state index contributed by atoms with van der Waals surface area (Å²) >= 11 is 0. The number of benzene rings is 1. The van der Waals surface area contributed by atoms with Gasteiger partial charge in [0.15, 0.2) is 17.5 Å². The number of nitrogens with two attached hydrogens (primary N) is 1. The zero-order valence-corrected chi connectivity index (χ0v) is 16.2. The van der Waals surface area contributed by atoms with Crippen molar-refractivity contribution in [3.8, 4) is 11.8 Å². The number of rotatable bonds is 4. The highest BCUT2D eigenvalue weighted by Gasteiger charge is 2.33. The molecule has 1 aliphatic rings. The Hall–Kier alpha value is -2.95. The van der Waals surface area contributed by atoms with Crippen LogP contribution in [0.2, 0.25) is 0 Å². The number of aromatic nitrogens is 1. The van der Waals surface area contributed by atoms with Crippen molar-refractivity contribution in [3.63, 3.8) is 0 Å². The highest BCUT2D eigenvalue weighted by Crippen LogP contribution is 2.43. The smallest absolute Gasteiger partial charge is 0.295 e. The summed E-state index contributed by atoms with van der Waals surface area (Å²) in [7, 11) is 0. The van der Waals surface area contributed by atoms with Crippen molar-refractivity contribution in [2.24, 2.45) is 11.7 Å². The van der Waals surface area contributed by atoms with Gasteiger partial charge in [0, 0.05) is 23.2 Å². The van der Waals surface area contributed by atoms with Crippen LogP contribution in [0.4, 0.5) is 13.2 Å². The number of primary amides is 1. The van der Waals surface area contributed by atoms with Crippen LogP contribution in [0.3, 0.4) is 0 Å². The predicted octanol–water partition coefficient (Wildman–Crippen LogP) is 3.41. The zero-order valence-electron chi connectivity index (χ0n) is 16.2. The van der Waals surface area contributed by atoms with Crippen molar-refractivity contribution in [1.82, 2.24) is 10.3 Å². The number of carbonyl (C=O) groups excluding carboxylic acids is 2. The standard InChI is InChI=1S/C21H22F3N3O2/c1-3-5-13(28)26-9-11-6-4-7-12(8-11)14-15-17(22)10(2)27-20(15)16(21(25)29)19(24)18(14)23/h11-12,27H,4,6-9H2,1-2H3,(H2,25,29)(H,26,28). The number of nitrogens with one attached hydrogen (secondary N) is 2. The van der Waals surface area contributed by atoms with Gasteiger partial charge in [-0.15, -0.1) is 0 Å². The first-order valence-electron chi connectivity index (χ1n) is 9.45. The minimum atomic E-state index is -1.37. The van der Waals surface area contributed by atoms with E-state index in [1.807, 2.05) is 0 Å². The molecule has 1 fully saturated rings. The molecule has 154 valence electrons. The summed E-state index contributed by atoms with van der Waals surface area (Å²) in [5.41, 5.74) is 4.42. The lowest BCUT2D eigenvalue weighted by atomic mass is 9.76. The van der Waals surface area contributed by atoms with Gasteiger partial charge >= 0.3 is 0 Å². The maximum atomic E-state index is 15.0. The van der Waals surface area contributed by atoms with E-state index in [4.69, 9.17) is 5.73 Å². The lowest BCUT2D eigenvalue weighted by molar-refractivity contribution is -0.115. The van der Waals surface area contributed by atoms with E-state index >= 15 is 4.39 Å². The van der Waals surface area contributed by atoms with E-state index in [2.05, 4.69) is 22.1 Å². The van der Waals surface area contributed by atoms with Crippen molar-refractivity contribution >= 4 is 22.7 Å². The average molecular weight is 405 g/mol. The predicted molar refractivity (Wildman–Crippen MR) is 103 cm³/mol. The molecule has 0 saturated heterocycles. The van der Waals surface area contributed by atoms with Crippen molar-refractivity contribution < 1.29 is 22.8 Å². The molecule has 0 aliphatic heterocycles. The van der Waals surface area contributed by atoms with E-state index in [9.17, 15) is 18.4 Å². The van der Waals surface area contributed by atoms with Gasteiger partial charge in [-0.3, -0.25) is 9.59 Å². The quantitative estimate of drug-likeness (QED) is 0.681. The van der Waals surface area contributed by atoms with Gasteiger partial charge in [-0.05, 0) is 50.9 Å². The molecule has 1 saturated carbocycles. The van der Waals surface area contributed by atoms with E-state index in [1.165, 1.54) is 6.92 Å². The third-order valence-corrected chi connectivity index (χ3v) is 5.51. The molecule has 1 aromatic heterocycles. The Kier molecular flexibility index (Phi) is 5.87. The molecule has 2 amide bonds. The molecule has 5 nitrogen and oxygen atoms in total. The van der Waals surface area contributed by atoms with E-state index in [-0.39, 0.29) is 28.1 Å². The number of amides is 2. The summed E-state index contributed by atoms with van der Waals surface area (Å²) in [6.45, 7) is 3.33. The van der Waals surface area contributed by atoms with Crippen LogP contribution in [0.1, 0.15) is 60.1 Å². The number of aryl methyl sites for hydroxylation is 1. The highest BCUT2D eigenvalue weighted by atomic mass is 19.2. The van der Waals surface area contributed by atoms with Crippen LogP contribution < -0.4 is 11.1 Å². The Morgan fingerprint density at radius 2 is 1.93 bits per heavy atom. The second kappa shape index (κ2) is 8.19. The number of halogens is 3. The molecule has 2 unspecified atom stereocenters. The summed E-state index contributed by atoms with van der Waals surface area (Å²) in [5.74, 6) is -0.418. The number of hydrogen-bond donors (Lipinski definition) is 3. The van der Waals surface area contributed by atoms with Gasteiger partial charge < -0.3 is 16.0 Å². The van der Waals surface area contributed by atoms with E-state index in [0.29, 0.717) is 19.4 Å². The summed E-state index contributed by atoms with van der Waals surface area (Å²) in [5, 5.41) is 2.58. The van der Waals surface area contributed by atoms with Crippen LogP contribution in [0, 0.1) is 42.1 Å². The third-order valence-electron chi connectivity index (χ3n) is 5.51. The summed E-state index contributed by atoms with van der Waals surface area (Å²) in [4.78, 5) is 25.9. The van der Waals surface area contributed by atoms with Gasteiger partial charge in [0.2, 0.25) is 0 Å². The molecule has 4 N–H and O–H groups in total. The number of hydrogen-bond acceptors (Lipinski definition) is 2. The first kappa shape index (κ1) is 20.8. The van der Waals surface area contributed by atoms with Crippen molar-refractivity contribution in [2.75, 3.05) is 6.54 Å². The molecule has 3 rings (SSSR count). The molecule has 1 aromatic carbocycles. The second-order valence-electron chi connectivity index (χ2n) is 7.41. The highest BCUT2D eigenvalue weighted by molar-refractivity contribution is 6.06. The van der Waals surface area contributed by atoms with Crippen molar-refractivity contribution in [2.45, 2.75) is 45.4 Å². The number of carbonyl (C=O) groups is 2. The number of fused-ring (bicyclic) bond motifs is 1. The van der Waals surface area contributed by atoms with Gasteiger partial charge in [-0.1, -0.05) is 12.3 Å². The van der Waals surface area contributed by atoms with Gasteiger partial charge in [-0.2, -0.15) is 0 Å². The molecule has 1 aliphatic carbocycles. The van der Waals surface area contributed by atoms with Crippen LogP contribution in [0.5, 0.6) is 0 Å². The van der Waals surface area contributed by atoms with Gasteiger partial charge in [0.1, 0.15) is 5.56 Å². The topological polar surface area (TPSA) is 88.0 Å². The minimum absolute atomic E-state index is 0.0211. The van der Waals surface area contributed by atoms with Crippen molar-refractivity contribution in [1.29, 1.82) is 0 Å². The maximum Gasteiger partial charge on any atom is 0.295 e. The normalized spacial score (nSPS) is 18.9. The molecule has 2 atom stereocenters. The lowest BCUT2D eigenvalue weighted by Crippen LogP contribution is -2.31. The van der Waals surface area contributed by atoms with E-state index < -0.39 is 40.7 Å². The Bertz CT molecular complexity index is 1050.